The van der Waals surface area contributed by atoms with E-state index in [1.807, 2.05) is 0 Å². The minimum absolute atomic E-state index is 0.0359. The average Bonchev–Trinajstić information content (AvgIpc) is 2.66. The van der Waals surface area contributed by atoms with Crippen LogP contribution in [0.2, 0.25) is 5.02 Å². The summed E-state index contributed by atoms with van der Waals surface area (Å²) in [4.78, 5) is 13.3. The molecule has 0 amide bonds. The van der Waals surface area contributed by atoms with E-state index in [1.54, 1.807) is 54.6 Å². The molecule has 0 aliphatic carbocycles. The molecular weight excluding hydrogens is 362 g/mol. The van der Waals surface area contributed by atoms with E-state index in [1.165, 1.54) is 6.08 Å². The number of aromatic nitrogens is 3. The Labute approximate surface area is 161 Å². The molecule has 0 fully saturated rings. The fraction of sp³-hybridized carbons (Fsp3) is 0. The van der Waals surface area contributed by atoms with Crippen molar-refractivity contribution in [3.8, 4) is 28.5 Å². The molecule has 1 heterocycles. The van der Waals surface area contributed by atoms with Gasteiger partial charge >= 0.3 is 0 Å². The van der Waals surface area contributed by atoms with Crippen LogP contribution in [0, 0.1) is 0 Å². The number of para-hydroxylation sites is 1. The third-order valence-electron chi connectivity index (χ3n) is 3.72. The molecule has 6 heteroatoms. The van der Waals surface area contributed by atoms with Crippen molar-refractivity contribution in [2.75, 3.05) is 0 Å². The fourth-order valence-electron chi connectivity index (χ4n) is 2.43. The Morgan fingerprint density at radius 2 is 1.63 bits per heavy atom. The van der Waals surface area contributed by atoms with Crippen molar-refractivity contribution in [1.29, 1.82) is 0 Å². The largest absolute Gasteiger partial charge is 0.508 e. The van der Waals surface area contributed by atoms with Crippen molar-refractivity contribution >= 4 is 17.2 Å². The highest BCUT2D eigenvalue weighted by Crippen LogP contribution is 2.29. The predicted molar refractivity (Wildman–Crippen MR) is 107 cm³/mol. The zero-order valence-electron chi connectivity index (χ0n) is 14.3. The zero-order valence-corrected chi connectivity index (χ0v) is 15.1. The van der Waals surface area contributed by atoms with Crippen molar-refractivity contribution in [3.05, 3.63) is 90.4 Å². The number of hydrogen-bond acceptors (Lipinski definition) is 5. The molecule has 1 aromatic heterocycles. The van der Waals surface area contributed by atoms with Crippen LogP contribution in [0.25, 0.3) is 28.3 Å². The molecule has 134 valence electrons. The Hall–Kier alpha value is -3.44. The Balaban J connectivity index is 2.26. The number of halogens is 1. The van der Waals surface area contributed by atoms with Gasteiger partial charge in [0.2, 0.25) is 0 Å². The molecule has 2 N–H and O–H groups in total. The van der Waals surface area contributed by atoms with Crippen molar-refractivity contribution in [3.63, 3.8) is 0 Å². The third kappa shape index (κ3) is 4.04. The highest BCUT2D eigenvalue weighted by Gasteiger charge is 2.16. The Kier molecular flexibility index (Phi) is 5.33. The van der Waals surface area contributed by atoms with Crippen molar-refractivity contribution in [2.24, 2.45) is 0 Å². The van der Waals surface area contributed by atoms with Crippen molar-refractivity contribution < 1.29 is 10.2 Å². The van der Waals surface area contributed by atoms with Crippen LogP contribution >= 0.6 is 11.6 Å². The molecule has 5 nitrogen and oxygen atoms in total. The number of aliphatic hydroxyl groups excluding tert-OH is 1. The van der Waals surface area contributed by atoms with Gasteiger partial charge in [-0.15, -0.1) is 0 Å². The van der Waals surface area contributed by atoms with Crippen LogP contribution in [0.4, 0.5) is 0 Å². The molecule has 0 spiro atoms. The van der Waals surface area contributed by atoms with E-state index in [9.17, 15) is 10.2 Å². The van der Waals surface area contributed by atoms with Gasteiger partial charge in [0.25, 0.3) is 0 Å². The van der Waals surface area contributed by atoms with Gasteiger partial charge in [-0.05, 0) is 42.5 Å². The fourth-order valence-corrected chi connectivity index (χ4v) is 2.55. The van der Waals surface area contributed by atoms with Gasteiger partial charge in [0.1, 0.15) is 11.5 Å². The van der Waals surface area contributed by atoms with Crippen LogP contribution in [0.5, 0.6) is 5.75 Å². The first-order valence-electron chi connectivity index (χ1n) is 8.01. The van der Waals surface area contributed by atoms with E-state index in [4.69, 9.17) is 11.6 Å². The maximum atomic E-state index is 10.2. The molecule has 0 atom stereocenters. The van der Waals surface area contributed by atoms with Crippen LogP contribution in [-0.4, -0.2) is 25.2 Å². The summed E-state index contributed by atoms with van der Waals surface area (Å²) in [5.41, 5.74) is 1.46. The highest BCUT2D eigenvalue weighted by atomic mass is 35.5. The van der Waals surface area contributed by atoms with E-state index in [-0.39, 0.29) is 23.2 Å². The lowest BCUT2D eigenvalue weighted by atomic mass is 10.1. The van der Waals surface area contributed by atoms with Gasteiger partial charge in [0.05, 0.1) is 11.1 Å². The van der Waals surface area contributed by atoms with Crippen LogP contribution in [0.3, 0.4) is 0 Å². The molecule has 0 aliphatic rings. The average molecular weight is 378 g/mol. The quantitative estimate of drug-likeness (QED) is 0.471. The number of nitrogens with zero attached hydrogens (tertiary/aromatic N) is 3. The van der Waals surface area contributed by atoms with Gasteiger partial charge in [-0.2, -0.15) is 0 Å². The van der Waals surface area contributed by atoms with E-state index in [0.717, 1.165) is 0 Å². The van der Waals surface area contributed by atoms with Crippen LogP contribution in [-0.2, 0) is 0 Å². The minimum atomic E-state index is -0.202. The second-order valence-electron chi connectivity index (χ2n) is 5.59. The normalized spacial score (nSPS) is 11.2. The van der Waals surface area contributed by atoms with Crippen LogP contribution < -0.4 is 0 Å². The lowest BCUT2D eigenvalue weighted by Crippen LogP contribution is -2.04. The van der Waals surface area contributed by atoms with Crippen molar-refractivity contribution in [2.45, 2.75) is 0 Å². The standard InChI is InChI=1S/C21H16ClN3O2/c1-3-6-16(13(2)26)20-23-19(14-9-11-15(22)12-10-14)24-21(25-20)17-7-4-5-8-18(17)27/h3-12,26-27H,1-2H2/b16-6+. The Morgan fingerprint density at radius 3 is 2.26 bits per heavy atom. The lowest BCUT2D eigenvalue weighted by molar-refractivity contribution is 0.440. The second-order valence-corrected chi connectivity index (χ2v) is 6.03. The summed E-state index contributed by atoms with van der Waals surface area (Å²) in [5.74, 6) is 0.672. The number of allylic oxidation sites excluding steroid dienone is 3. The van der Waals surface area contributed by atoms with Crippen LogP contribution in [0.15, 0.2) is 79.6 Å². The van der Waals surface area contributed by atoms with Crippen LogP contribution in [0.1, 0.15) is 5.82 Å². The highest BCUT2D eigenvalue weighted by molar-refractivity contribution is 6.30. The number of hydrogen-bond donors (Lipinski definition) is 2. The summed E-state index contributed by atoms with van der Waals surface area (Å²) in [7, 11) is 0. The van der Waals surface area contributed by atoms with E-state index >= 15 is 0 Å². The molecule has 0 radical (unpaired) electrons. The lowest BCUT2D eigenvalue weighted by Gasteiger charge is -2.10. The number of phenolic OH excluding ortho intramolecular Hbond substituents is 1. The first kappa shape index (κ1) is 18.4. The third-order valence-corrected chi connectivity index (χ3v) is 3.97. The topological polar surface area (TPSA) is 79.1 Å². The maximum Gasteiger partial charge on any atom is 0.167 e. The Morgan fingerprint density at radius 1 is 0.963 bits per heavy atom. The van der Waals surface area contributed by atoms with E-state index < -0.39 is 0 Å². The van der Waals surface area contributed by atoms with E-state index in [0.29, 0.717) is 27.5 Å². The van der Waals surface area contributed by atoms with Gasteiger partial charge in [-0.25, -0.2) is 15.0 Å². The molecular formula is C21H16ClN3O2. The van der Waals surface area contributed by atoms with Gasteiger partial charge in [0.15, 0.2) is 17.5 Å². The number of benzene rings is 2. The molecule has 0 saturated heterocycles. The van der Waals surface area contributed by atoms with Gasteiger partial charge in [0, 0.05) is 10.6 Å². The zero-order chi connectivity index (χ0) is 19.4. The van der Waals surface area contributed by atoms with Gasteiger partial charge in [-0.1, -0.05) is 43.0 Å². The molecule has 0 bridgehead atoms. The van der Waals surface area contributed by atoms with E-state index in [2.05, 4.69) is 28.1 Å². The predicted octanol–water partition coefficient (Wildman–Crippen LogP) is 5.21. The number of aromatic hydroxyl groups is 1. The number of aliphatic hydroxyl groups is 1. The smallest absolute Gasteiger partial charge is 0.167 e. The summed E-state index contributed by atoms with van der Waals surface area (Å²) in [6, 6.07) is 13.7. The number of rotatable bonds is 5. The summed E-state index contributed by atoms with van der Waals surface area (Å²) >= 11 is 5.96. The monoisotopic (exact) mass is 377 g/mol. The van der Waals surface area contributed by atoms with Gasteiger partial charge < -0.3 is 10.2 Å². The Bertz CT molecular complexity index is 1040. The summed E-state index contributed by atoms with van der Waals surface area (Å²) < 4.78 is 0. The maximum absolute atomic E-state index is 10.2. The molecule has 2 aromatic carbocycles. The summed E-state index contributed by atoms with van der Waals surface area (Å²) in [5, 5.41) is 20.7. The molecule has 0 saturated carbocycles. The molecule has 3 rings (SSSR count). The first-order valence-corrected chi connectivity index (χ1v) is 8.39. The van der Waals surface area contributed by atoms with Crippen molar-refractivity contribution in [1.82, 2.24) is 15.0 Å². The SMILES string of the molecule is C=C/C=C(\C(=C)O)c1nc(-c2ccc(Cl)cc2)nc(-c2ccccc2O)n1. The second kappa shape index (κ2) is 7.85. The number of phenols is 1. The molecule has 0 unspecified atom stereocenters. The summed E-state index contributed by atoms with van der Waals surface area (Å²) in [6.07, 6.45) is 3.06. The first-order chi connectivity index (χ1) is 13.0. The molecule has 3 aromatic rings. The van der Waals surface area contributed by atoms with Gasteiger partial charge in [-0.3, -0.25) is 0 Å². The summed E-state index contributed by atoms with van der Waals surface area (Å²) in [6.45, 7) is 7.20. The minimum Gasteiger partial charge on any atom is -0.508 e. The molecule has 27 heavy (non-hydrogen) atoms. The molecule has 0 aliphatic heterocycles.